The summed E-state index contributed by atoms with van der Waals surface area (Å²) < 4.78 is 17.3. The average Bonchev–Trinajstić information content (AvgIpc) is 2.39. The van der Waals surface area contributed by atoms with Gasteiger partial charge in [-0.15, -0.1) is 0 Å². The second kappa shape index (κ2) is 9.78. The van der Waals surface area contributed by atoms with Crippen molar-refractivity contribution in [3.8, 4) is 0 Å². The largest absolute Gasteiger partial charge is 0.444 e. The van der Waals surface area contributed by atoms with Crippen LogP contribution >= 0.6 is 0 Å². The summed E-state index contributed by atoms with van der Waals surface area (Å²) in [4.78, 5) is 11.8. The van der Waals surface area contributed by atoms with Crippen molar-refractivity contribution >= 4 is 14.4 Å². The molecule has 0 aliphatic heterocycles. The predicted octanol–water partition coefficient (Wildman–Crippen LogP) is 4.72. The van der Waals surface area contributed by atoms with E-state index in [0.717, 1.165) is 0 Å². The maximum atomic E-state index is 11.8. The molecule has 0 aromatic carbocycles. The van der Waals surface area contributed by atoms with E-state index in [1.54, 1.807) is 7.11 Å². The van der Waals surface area contributed by atoms with Gasteiger partial charge >= 0.3 is 6.09 Å². The molecule has 1 atom stereocenters. The van der Waals surface area contributed by atoms with Crippen LogP contribution in [0.1, 0.15) is 62.3 Å². The number of carbonyl (C=O) groups is 1. The van der Waals surface area contributed by atoms with Gasteiger partial charge < -0.3 is 19.2 Å². The smallest absolute Gasteiger partial charge is 0.407 e. The summed E-state index contributed by atoms with van der Waals surface area (Å²) in [5, 5.41) is 2.76. The monoisotopic (exact) mass is 361 g/mol. The molecule has 0 aromatic rings. The maximum Gasteiger partial charge on any atom is 0.407 e. The summed E-state index contributed by atoms with van der Waals surface area (Å²) in [6.45, 7) is 19.9. The Morgan fingerprint density at radius 2 is 1.46 bits per heavy atom. The first-order valence-corrected chi connectivity index (χ1v) is 11.1. The van der Waals surface area contributed by atoms with Gasteiger partial charge in [0, 0.05) is 13.7 Å². The molecule has 0 unspecified atom stereocenters. The van der Waals surface area contributed by atoms with Crippen LogP contribution in [-0.4, -0.2) is 46.4 Å². The molecule has 1 amide bonds. The zero-order valence-corrected chi connectivity index (χ0v) is 18.4. The van der Waals surface area contributed by atoms with Crippen LogP contribution in [0.5, 0.6) is 0 Å². The number of alkyl carbamates (subject to hydrolysis) is 1. The van der Waals surface area contributed by atoms with E-state index in [0.29, 0.717) is 29.8 Å². The highest BCUT2D eigenvalue weighted by Crippen LogP contribution is 2.42. The molecule has 0 saturated heterocycles. The highest BCUT2D eigenvalue weighted by atomic mass is 28.4. The van der Waals surface area contributed by atoms with E-state index in [1.165, 1.54) is 0 Å². The summed E-state index contributed by atoms with van der Waals surface area (Å²) in [6, 6.07) is 0. The van der Waals surface area contributed by atoms with Gasteiger partial charge in [-0.25, -0.2) is 4.79 Å². The zero-order chi connectivity index (χ0) is 19.1. The van der Waals surface area contributed by atoms with Crippen LogP contribution in [0.25, 0.3) is 0 Å². The lowest BCUT2D eigenvalue weighted by atomic mass is 10.2. The summed E-state index contributed by atoms with van der Waals surface area (Å²) in [5.41, 5.74) is 1.06. The highest BCUT2D eigenvalue weighted by molar-refractivity contribution is 6.77. The van der Waals surface area contributed by atoms with Crippen molar-refractivity contribution in [2.24, 2.45) is 0 Å². The predicted molar refractivity (Wildman–Crippen MR) is 102 cm³/mol. The third kappa shape index (κ3) is 7.11. The van der Waals surface area contributed by atoms with Crippen LogP contribution in [-0.2, 0) is 13.9 Å². The second-order valence-electron chi connectivity index (χ2n) is 8.37. The van der Waals surface area contributed by atoms with E-state index in [-0.39, 0.29) is 6.10 Å². The van der Waals surface area contributed by atoms with Crippen LogP contribution in [0, 0.1) is 0 Å². The van der Waals surface area contributed by atoms with Gasteiger partial charge in [0.2, 0.25) is 0 Å². The van der Waals surface area contributed by atoms with Crippen LogP contribution in [0.3, 0.4) is 0 Å². The van der Waals surface area contributed by atoms with Gasteiger partial charge in [0.05, 0.1) is 12.7 Å². The van der Waals surface area contributed by atoms with Crippen molar-refractivity contribution in [3.63, 3.8) is 0 Å². The Kier molecular flexibility index (Phi) is 9.54. The van der Waals surface area contributed by atoms with Gasteiger partial charge in [0.25, 0.3) is 0 Å². The molecule has 144 valence electrons. The Bertz CT molecular complexity index is 356. The fourth-order valence-electron chi connectivity index (χ4n) is 3.46. The number of amides is 1. The van der Waals surface area contributed by atoms with Crippen molar-refractivity contribution in [1.82, 2.24) is 5.32 Å². The summed E-state index contributed by atoms with van der Waals surface area (Å²) in [7, 11) is -0.278. The molecule has 0 rings (SSSR count). The Hall–Kier alpha value is -0.593. The van der Waals surface area contributed by atoms with E-state index in [4.69, 9.17) is 13.9 Å². The van der Waals surface area contributed by atoms with Gasteiger partial charge in [-0.05, 0) is 37.4 Å². The van der Waals surface area contributed by atoms with E-state index < -0.39 is 20.0 Å². The molecule has 0 fully saturated rings. The molecule has 0 saturated carbocycles. The standard InChI is InChI=1S/C18H39NO4Si/c1-13(2)24(14(3)4,15(5)6)22-12-16(21-10)11-19-17(20)23-18(7,8)9/h13-16H,11-12H2,1-10H3,(H,19,20)/t16-/m1/s1. The van der Waals surface area contributed by atoms with Gasteiger partial charge in [-0.1, -0.05) is 41.5 Å². The number of rotatable bonds is 9. The van der Waals surface area contributed by atoms with Gasteiger partial charge in [0.1, 0.15) is 5.60 Å². The van der Waals surface area contributed by atoms with Crippen molar-refractivity contribution in [1.29, 1.82) is 0 Å². The summed E-state index contributed by atoms with van der Waals surface area (Å²) >= 11 is 0. The Morgan fingerprint density at radius 3 is 1.79 bits per heavy atom. The third-order valence-electron chi connectivity index (χ3n) is 4.43. The fourth-order valence-corrected chi connectivity index (χ4v) is 8.93. The molecule has 1 N–H and O–H groups in total. The average molecular weight is 362 g/mol. The lowest BCUT2D eigenvalue weighted by Crippen LogP contribution is -2.50. The van der Waals surface area contributed by atoms with Crippen molar-refractivity contribution in [3.05, 3.63) is 0 Å². The van der Waals surface area contributed by atoms with E-state index in [9.17, 15) is 4.79 Å². The van der Waals surface area contributed by atoms with Crippen LogP contribution < -0.4 is 5.32 Å². The molecule has 5 nitrogen and oxygen atoms in total. The number of hydrogen-bond donors (Lipinski definition) is 1. The van der Waals surface area contributed by atoms with Crippen LogP contribution in [0.4, 0.5) is 4.79 Å². The van der Waals surface area contributed by atoms with Crippen LogP contribution in [0.2, 0.25) is 16.6 Å². The molecule has 0 aromatic heterocycles. The minimum absolute atomic E-state index is 0.180. The molecule has 0 radical (unpaired) electrons. The number of ether oxygens (including phenoxy) is 2. The minimum Gasteiger partial charge on any atom is -0.444 e. The maximum absolute atomic E-state index is 11.8. The summed E-state index contributed by atoms with van der Waals surface area (Å²) in [5.74, 6) is 0. The van der Waals surface area contributed by atoms with E-state index >= 15 is 0 Å². The quantitative estimate of drug-likeness (QED) is 0.604. The summed E-state index contributed by atoms with van der Waals surface area (Å²) in [6.07, 6.45) is -0.606. The first kappa shape index (κ1) is 23.4. The van der Waals surface area contributed by atoms with Crippen LogP contribution in [0.15, 0.2) is 0 Å². The molecule has 0 aliphatic rings. The first-order valence-electron chi connectivity index (χ1n) is 9.00. The zero-order valence-electron chi connectivity index (χ0n) is 17.4. The lowest BCUT2D eigenvalue weighted by Gasteiger charge is -2.42. The fraction of sp³-hybridized carbons (Fsp3) is 0.944. The molecule has 0 heterocycles. The third-order valence-corrected chi connectivity index (χ3v) is 10.5. The molecule has 0 aliphatic carbocycles. The van der Waals surface area contributed by atoms with Crippen molar-refractivity contribution in [2.45, 2.75) is 90.6 Å². The number of carbonyl (C=O) groups excluding carboxylic acids is 1. The van der Waals surface area contributed by atoms with Crippen molar-refractivity contribution < 1.29 is 18.7 Å². The first-order chi connectivity index (χ1) is 10.9. The Morgan fingerprint density at radius 1 is 1.00 bits per heavy atom. The Balaban J connectivity index is 4.74. The highest BCUT2D eigenvalue weighted by Gasteiger charge is 2.45. The SMILES string of the molecule is CO[C@H](CNC(=O)OC(C)(C)C)CO[Si](C(C)C)(C(C)C)C(C)C. The molecule has 6 heteroatoms. The molecule has 0 spiro atoms. The second-order valence-corrected chi connectivity index (χ2v) is 13.8. The van der Waals surface area contributed by atoms with E-state index in [2.05, 4.69) is 46.9 Å². The number of nitrogens with one attached hydrogen (secondary N) is 1. The Labute approximate surface area is 149 Å². The number of hydrogen-bond acceptors (Lipinski definition) is 4. The topological polar surface area (TPSA) is 56.8 Å². The molecular weight excluding hydrogens is 322 g/mol. The van der Waals surface area contributed by atoms with Gasteiger partial charge in [-0.2, -0.15) is 0 Å². The molecule has 0 bridgehead atoms. The van der Waals surface area contributed by atoms with E-state index in [1.807, 2.05) is 20.8 Å². The molecular formula is C18H39NO4Si. The minimum atomic E-state index is -1.93. The van der Waals surface area contributed by atoms with Gasteiger partial charge in [-0.3, -0.25) is 0 Å². The lowest BCUT2D eigenvalue weighted by molar-refractivity contribution is 0.0341. The number of methoxy groups -OCH3 is 1. The van der Waals surface area contributed by atoms with Crippen molar-refractivity contribution in [2.75, 3.05) is 20.3 Å². The van der Waals surface area contributed by atoms with Gasteiger partial charge in [0.15, 0.2) is 8.32 Å². The molecule has 24 heavy (non-hydrogen) atoms. The normalized spacial score (nSPS) is 14.4.